The van der Waals surface area contributed by atoms with Crippen molar-refractivity contribution >= 4 is 24.8 Å². The number of hydrogen-bond donors (Lipinski definition) is 0. The molecule has 1 amide bonds. The van der Waals surface area contributed by atoms with Crippen molar-refractivity contribution in [2.75, 3.05) is 39.5 Å². The Bertz CT molecular complexity index is 633. The molecule has 0 aromatic carbocycles. The Balaban J connectivity index is 0.000000584. The highest BCUT2D eigenvalue weighted by atomic mass is 35.5. The molecule has 0 N–H and O–H groups in total. The second-order valence-electron chi connectivity index (χ2n) is 10.1. The van der Waals surface area contributed by atoms with Crippen LogP contribution >= 0.6 is 12.4 Å². The average Bonchev–Trinajstić information content (AvgIpc) is 3.63. The minimum Gasteiger partial charge on any atom is -0.444 e. The molecule has 4 rings (SSSR count). The fourth-order valence-electron chi connectivity index (χ4n) is 3.29. The van der Waals surface area contributed by atoms with Crippen molar-refractivity contribution in [1.29, 1.82) is 0 Å². The Morgan fingerprint density at radius 2 is 1.38 bits per heavy atom. The molecule has 2 atom stereocenters. The molecule has 0 aromatic heterocycles. The molecular formula is C25H45ClF3NO7. The van der Waals surface area contributed by atoms with Gasteiger partial charge < -0.3 is 28.6 Å². The summed E-state index contributed by atoms with van der Waals surface area (Å²) in [6.45, 7) is 9.62. The van der Waals surface area contributed by atoms with Crippen molar-refractivity contribution < 1.29 is 46.4 Å². The Labute approximate surface area is 225 Å². The summed E-state index contributed by atoms with van der Waals surface area (Å²) in [7, 11) is 0. The van der Waals surface area contributed by atoms with Gasteiger partial charge in [0.25, 0.3) is 0 Å². The van der Waals surface area contributed by atoms with Crippen molar-refractivity contribution in [1.82, 2.24) is 4.90 Å². The molecule has 4 fully saturated rings. The van der Waals surface area contributed by atoms with Crippen molar-refractivity contribution in [2.45, 2.75) is 109 Å². The highest BCUT2D eigenvalue weighted by molar-refractivity contribution is 5.85. The van der Waals surface area contributed by atoms with Crippen LogP contribution in [0.2, 0.25) is 0 Å². The van der Waals surface area contributed by atoms with Crippen LogP contribution in [0.25, 0.3) is 0 Å². The molecule has 2 aliphatic heterocycles. The molecule has 2 aliphatic carbocycles. The molecule has 37 heavy (non-hydrogen) atoms. The molecule has 2 heterocycles. The van der Waals surface area contributed by atoms with E-state index in [0.717, 1.165) is 26.1 Å². The van der Waals surface area contributed by atoms with E-state index in [9.17, 15) is 18.0 Å². The van der Waals surface area contributed by atoms with Gasteiger partial charge in [0.1, 0.15) is 5.60 Å². The summed E-state index contributed by atoms with van der Waals surface area (Å²) in [6.07, 6.45) is 3.86. The normalized spacial score (nSPS) is 24.2. The van der Waals surface area contributed by atoms with Gasteiger partial charge in [0.05, 0.1) is 50.8 Å². The molecule has 2 unspecified atom stereocenters. The van der Waals surface area contributed by atoms with Crippen LogP contribution in [-0.4, -0.2) is 93.0 Å². The monoisotopic (exact) mass is 563 g/mol. The van der Waals surface area contributed by atoms with Crippen LogP contribution in [-0.2, 0) is 28.5 Å². The van der Waals surface area contributed by atoms with Gasteiger partial charge in [-0.05, 0) is 65.7 Å². The van der Waals surface area contributed by atoms with E-state index >= 15 is 0 Å². The number of hydrogen-bond acceptors (Lipinski definition) is 7. The first kappa shape index (κ1) is 35.9. The number of carbonyl (C=O) groups excluding carboxylic acids is 2. The maximum absolute atomic E-state index is 12.0. The lowest BCUT2D eigenvalue weighted by molar-refractivity contribution is -0.156. The zero-order valence-corrected chi connectivity index (χ0v) is 22.2. The quantitative estimate of drug-likeness (QED) is 0.427. The predicted molar refractivity (Wildman–Crippen MR) is 135 cm³/mol. The number of halogens is 4. The molecule has 0 bridgehead atoms. The molecule has 8 nitrogen and oxygen atoms in total. The predicted octanol–water partition coefficient (Wildman–Crippen LogP) is 5.34. The third-order valence-corrected chi connectivity index (χ3v) is 5.21. The number of nitrogens with zero attached hydrogens (tertiary/aromatic N) is 1. The van der Waals surface area contributed by atoms with Gasteiger partial charge in [-0.3, -0.25) is 4.79 Å². The molecule has 12 heteroatoms. The van der Waals surface area contributed by atoms with Crippen molar-refractivity contribution in [3.63, 3.8) is 0 Å². The van der Waals surface area contributed by atoms with Gasteiger partial charge >= 0.3 is 12.3 Å². The number of carbonyl (C=O) groups is 2. The first-order chi connectivity index (χ1) is 16.4. The summed E-state index contributed by atoms with van der Waals surface area (Å²) in [6, 6.07) is 0. The molecule has 220 valence electrons. The number of amides is 1. The lowest BCUT2D eigenvalue weighted by Gasteiger charge is -2.27. The smallest absolute Gasteiger partial charge is 0.444 e. The van der Waals surface area contributed by atoms with Crippen LogP contribution < -0.4 is 0 Å². The third-order valence-electron chi connectivity index (χ3n) is 5.21. The van der Waals surface area contributed by atoms with E-state index in [2.05, 4.69) is 0 Å². The minimum atomic E-state index is -4.64. The van der Waals surface area contributed by atoms with Crippen LogP contribution in [0, 0.1) is 0 Å². The van der Waals surface area contributed by atoms with Gasteiger partial charge in [-0.15, -0.1) is 12.4 Å². The largest absolute Gasteiger partial charge is 0.446 e. The van der Waals surface area contributed by atoms with Crippen LogP contribution in [0.3, 0.4) is 0 Å². The van der Waals surface area contributed by atoms with Crippen molar-refractivity contribution in [3.8, 4) is 0 Å². The van der Waals surface area contributed by atoms with E-state index in [1.165, 1.54) is 32.1 Å². The van der Waals surface area contributed by atoms with Gasteiger partial charge in [-0.1, -0.05) is 7.43 Å². The standard InChI is InChI=1S/C13H23NO4.C9H16O2.C2HF3O.CH4.ClH/c1-13(2,3)18-12(15)14-6-7-16-9-11(8-14)17-10-4-5-10;1-2-6-10-7-9(3-1)11-8-4-5-8;3-2(4,5)1-6;;/h10-11H,4-9H2,1-3H3;8-9H,1-7H2;1H;1H4;1H. The van der Waals surface area contributed by atoms with Gasteiger partial charge in [-0.2, -0.15) is 13.2 Å². The van der Waals surface area contributed by atoms with Crippen LogP contribution in [0.15, 0.2) is 0 Å². The van der Waals surface area contributed by atoms with Gasteiger partial charge in [0.15, 0.2) is 0 Å². The summed E-state index contributed by atoms with van der Waals surface area (Å²) < 4.78 is 59.1. The van der Waals surface area contributed by atoms with Crippen molar-refractivity contribution in [2.24, 2.45) is 0 Å². The Morgan fingerprint density at radius 1 is 0.865 bits per heavy atom. The summed E-state index contributed by atoms with van der Waals surface area (Å²) in [5.41, 5.74) is -0.461. The zero-order chi connectivity index (χ0) is 25.9. The summed E-state index contributed by atoms with van der Waals surface area (Å²) in [4.78, 5) is 22.4. The SMILES string of the molecule is C.C1CCC(OC2CC2)COC1.CC(C)(C)OC(=O)N1CCOCC(OC2CC2)C1.Cl.O=CC(F)(F)F. The lowest BCUT2D eigenvalue weighted by atomic mass is 10.2. The van der Waals surface area contributed by atoms with Gasteiger partial charge in [0.2, 0.25) is 6.29 Å². The van der Waals surface area contributed by atoms with Crippen LogP contribution in [0.5, 0.6) is 0 Å². The average molecular weight is 564 g/mol. The number of aldehydes is 1. The molecule has 2 saturated carbocycles. The van der Waals surface area contributed by atoms with Crippen LogP contribution in [0.1, 0.15) is 73.1 Å². The van der Waals surface area contributed by atoms with Crippen LogP contribution in [0.4, 0.5) is 18.0 Å². The lowest BCUT2D eigenvalue weighted by Crippen LogP contribution is -2.42. The first-order valence-electron chi connectivity index (χ1n) is 12.4. The fraction of sp³-hybridized carbons (Fsp3) is 0.920. The van der Waals surface area contributed by atoms with E-state index in [1.54, 1.807) is 4.90 Å². The Kier molecular flexibility index (Phi) is 16.9. The van der Waals surface area contributed by atoms with E-state index in [0.29, 0.717) is 44.6 Å². The second kappa shape index (κ2) is 17.4. The summed E-state index contributed by atoms with van der Waals surface area (Å²) >= 11 is 0. The Morgan fingerprint density at radius 3 is 1.89 bits per heavy atom. The molecule has 0 spiro atoms. The molecular weight excluding hydrogens is 519 g/mol. The summed E-state index contributed by atoms with van der Waals surface area (Å²) in [5, 5.41) is 0. The number of alkyl halides is 3. The maximum atomic E-state index is 12.0. The minimum absolute atomic E-state index is 0. The van der Waals surface area contributed by atoms with Gasteiger partial charge in [-0.25, -0.2) is 4.79 Å². The first-order valence-corrected chi connectivity index (χ1v) is 12.4. The fourth-order valence-corrected chi connectivity index (χ4v) is 3.29. The molecule has 2 saturated heterocycles. The zero-order valence-electron chi connectivity index (χ0n) is 21.4. The molecule has 0 aromatic rings. The van der Waals surface area contributed by atoms with Gasteiger partial charge in [0, 0.05) is 13.2 Å². The molecule has 0 radical (unpaired) electrons. The van der Waals surface area contributed by atoms with E-state index in [4.69, 9.17) is 28.5 Å². The maximum Gasteiger partial charge on any atom is 0.446 e. The van der Waals surface area contributed by atoms with E-state index in [-0.39, 0.29) is 32.0 Å². The number of rotatable bonds is 4. The van der Waals surface area contributed by atoms with E-state index in [1.807, 2.05) is 20.8 Å². The Hall–Kier alpha value is -1.14. The highest BCUT2D eigenvalue weighted by Gasteiger charge is 2.31. The van der Waals surface area contributed by atoms with E-state index < -0.39 is 18.1 Å². The summed E-state index contributed by atoms with van der Waals surface area (Å²) in [5.74, 6) is 0. The molecule has 4 aliphatic rings. The topological polar surface area (TPSA) is 83.5 Å². The number of ether oxygens (including phenoxy) is 5. The highest BCUT2D eigenvalue weighted by Crippen LogP contribution is 2.27. The third kappa shape index (κ3) is 18.7. The van der Waals surface area contributed by atoms with Crippen molar-refractivity contribution in [3.05, 3.63) is 0 Å². The second-order valence-corrected chi connectivity index (χ2v) is 10.1.